The van der Waals surface area contributed by atoms with Gasteiger partial charge in [0, 0.05) is 18.1 Å². The van der Waals surface area contributed by atoms with Crippen LogP contribution in [0.4, 0.5) is 0 Å². The summed E-state index contributed by atoms with van der Waals surface area (Å²) in [6, 6.07) is 12.9. The van der Waals surface area contributed by atoms with Gasteiger partial charge in [-0.25, -0.2) is 0 Å². The number of hydrogen-bond acceptors (Lipinski definition) is 2. The predicted molar refractivity (Wildman–Crippen MR) is 119 cm³/mol. The molecule has 0 bridgehead atoms. The Hall–Kier alpha value is -2.33. The van der Waals surface area contributed by atoms with E-state index in [4.69, 9.17) is 11.6 Å². The van der Waals surface area contributed by atoms with E-state index in [1.54, 1.807) is 17.9 Å². The fourth-order valence-electron chi connectivity index (χ4n) is 3.06. The molecule has 1 atom stereocenters. The van der Waals surface area contributed by atoms with Crippen molar-refractivity contribution in [2.75, 3.05) is 6.54 Å². The van der Waals surface area contributed by atoms with Crippen molar-refractivity contribution in [3.8, 4) is 0 Å². The molecule has 0 aliphatic heterocycles. The lowest BCUT2D eigenvalue weighted by atomic mass is 10.0. The lowest BCUT2D eigenvalue weighted by molar-refractivity contribution is -0.140. The smallest absolute Gasteiger partial charge is 0.242 e. The zero-order chi connectivity index (χ0) is 21.6. The number of carbonyl (C=O) groups excluding carboxylic acids is 2. The second-order valence-electron chi connectivity index (χ2n) is 8.06. The number of aryl methyl sites for hydroxylation is 2. The quantitative estimate of drug-likeness (QED) is 0.681. The summed E-state index contributed by atoms with van der Waals surface area (Å²) in [6.45, 7) is 10.9. The fourth-order valence-corrected chi connectivity index (χ4v) is 3.27. The molecule has 0 spiro atoms. The third-order valence-corrected chi connectivity index (χ3v) is 5.26. The number of benzene rings is 2. The van der Waals surface area contributed by atoms with Crippen molar-refractivity contribution >= 4 is 23.4 Å². The third kappa shape index (κ3) is 6.90. The van der Waals surface area contributed by atoms with Crippen LogP contribution in [0.3, 0.4) is 0 Å². The van der Waals surface area contributed by atoms with E-state index in [-0.39, 0.29) is 18.2 Å². The second kappa shape index (κ2) is 10.4. The van der Waals surface area contributed by atoms with Crippen molar-refractivity contribution < 1.29 is 9.59 Å². The van der Waals surface area contributed by atoms with Gasteiger partial charge in [0.2, 0.25) is 11.8 Å². The lowest BCUT2D eigenvalue weighted by Gasteiger charge is -2.29. The van der Waals surface area contributed by atoms with Crippen LogP contribution in [0.5, 0.6) is 0 Å². The van der Waals surface area contributed by atoms with Crippen molar-refractivity contribution in [3.63, 3.8) is 0 Å². The zero-order valence-corrected chi connectivity index (χ0v) is 18.7. The first-order valence-corrected chi connectivity index (χ1v) is 10.4. The molecule has 0 radical (unpaired) electrons. The average molecular weight is 415 g/mol. The maximum absolute atomic E-state index is 13.2. The van der Waals surface area contributed by atoms with Gasteiger partial charge in [-0.2, -0.15) is 0 Å². The molecule has 5 heteroatoms. The van der Waals surface area contributed by atoms with Gasteiger partial charge in [0.1, 0.15) is 6.04 Å². The van der Waals surface area contributed by atoms with Gasteiger partial charge in [-0.15, -0.1) is 0 Å². The highest BCUT2D eigenvalue weighted by atomic mass is 35.5. The molecule has 0 aliphatic carbocycles. The van der Waals surface area contributed by atoms with Crippen LogP contribution in [0.1, 0.15) is 43.0 Å². The molecule has 2 rings (SSSR count). The number of halogens is 1. The van der Waals surface area contributed by atoms with Gasteiger partial charge in [-0.3, -0.25) is 9.59 Å². The van der Waals surface area contributed by atoms with Gasteiger partial charge < -0.3 is 10.2 Å². The van der Waals surface area contributed by atoms with E-state index in [2.05, 4.69) is 5.32 Å². The van der Waals surface area contributed by atoms with Crippen molar-refractivity contribution in [2.24, 2.45) is 5.92 Å². The van der Waals surface area contributed by atoms with E-state index in [0.29, 0.717) is 24.0 Å². The number of amides is 2. The molecule has 2 amide bonds. The van der Waals surface area contributed by atoms with Gasteiger partial charge >= 0.3 is 0 Å². The minimum atomic E-state index is -0.577. The Morgan fingerprint density at radius 2 is 1.72 bits per heavy atom. The molecule has 0 aliphatic rings. The second-order valence-corrected chi connectivity index (χ2v) is 8.50. The van der Waals surface area contributed by atoms with E-state index in [1.165, 1.54) is 5.56 Å². The van der Waals surface area contributed by atoms with Gasteiger partial charge in [0.05, 0.1) is 6.42 Å². The van der Waals surface area contributed by atoms with E-state index in [9.17, 15) is 9.59 Å². The van der Waals surface area contributed by atoms with Crippen LogP contribution < -0.4 is 5.32 Å². The molecular formula is C24H31ClN2O2. The van der Waals surface area contributed by atoms with Crippen LogP contribution in [0.2, 0.25) is 5.02 Å². The largest absolute Gasteiger partial charge is 0.354 e. The first kappa shape index (κ1) is 23.0. The van der Waals surface area contributed by atoms with E-state index >= 15 is 0 Å². The maximum atomic E-state index is 13.2. The van der Waals surface area contributed by atoms with Crippen LogP contribution in [0.15, 0.2) is 42.5 Å². The van der Waals surface area contributed by atoms with E-state index < -0.39 is 6.04 Å². The summed E-state index contributed by atoms with van der Waals surface area (Å²) in [5.74, 6) is 0.119. The number of hydrogen-bond donors (Lipinski definition) is 1. The highest BCUT2D eigenvalue weighted by Crippen LogP contribution is 2.17. The van der Waals surface area contributed by atoms with Crippen LogP contribution in [0, 0.1) is 19.8 Å². The minimum absolute atomic E-state index is 0.0829. The third-order valence-electron chi connectivity index (χ3n) is 5.02. The monoisotopic (exact) mass is 414 g/mol. The standard InChI is InChI=1S/C24H31ClN2O2/c1-16(2)14-26-24(29)19(5)27(15-21-7-6-8-22(25)12-21)23(28)13-20-10-9-17(3)18(4)11-20/h6-12,16,19H,13-15H2,1-5H3,(H,26,29). The Balaban J connectivity index is 2.23. The van der Waals surface area contributed by atoms with Gasteiger partial charge in [-0.1, -0.05) is 55.8 Å². The Morgan fingerprint density at radius 3 is 2.34 bits per heavy atom. The number of nitrogens with one attached hydrogen (secondary N) is 1. The molecular weight excluding hydrogens is 384 g/mol. The van der Waals surface area contributed by atoms with Crippen molar-refractivity contribution in [3.05, 3.63) is 69.7 Å². The SMILES string of the molecule is Cc1ccc(CC(=O)N(Cc2cccc(Cl)c2)C(C)C(=O)NCC(C)C)cc1C. The summed E-state index contributed by atoms with van der Waals surface area (Å²) in [6.07, 6.45) is 0.253. The Morgan fingerprint density at radius 1 is 1.00 bits per heavy atom. The summed E-state index contributed by atoms with van der Waals surface area (Å²) in [5.41, 5.74) is 4.19. The summed E-state index contributed by atoms with van der Waals surface area (Å²) in [5, 5.41) is 3.55. The summed E-state index contributed by atoms with van der Waals surface area (Å²) < 4.78 is 0. The summed E-state index contributed by atoms with van der Waals surface area (Å²) in [4.78, 5) is 27.5. The number of nitrogens with zero attached hydrogens (tertiary/aromatic N) is 1. The van der Waals surface area contributed by atoms with Crippen molar-refractivity contribution in [1.82, 2.24) is 10.2 Å². The summed E-state index contributed by atoms with van der Waals surface area (Å²) in [7, 11) is 0. The lowest BCUT2D eigenvalue weighted by Crippen LogP contribution is -2.48. The van der Waals surface area contributed by atoms with Crippen molar-refractivity contribution in [1.29, 1.82) is 0 Å². The Labute approximate surface area is 179 Å². The first-order chi connectivity index (χ1) is 13.7. The molecule has 0 saturated heterocycles. The van der Waals surface area contributed by atoms with E-state index in [0.717, 1.165) is 16.7 Å². The summed E-state index contributed by atoms with van der Waals surface area (Å²) >= 11 is 6.11. The molecule has 4 nitrogen and oxygen atoms in total. The fraction of sp³-hybridized carbons (Fsp3) is 0.417. The van der Waals surface area contributed by atoms with Gasteiger partial charge in [-0.05, 0) is 61.1 Å². The van der Waals surface area contributed by atoms with Crippen LogP contribution in [-0.4, -0.2) is 29.3 Å². The predicted octanol–water partition coefficient (Wildman–Crippen LogP) is 4.69. The van der Waals surface area contributed by atoms with Gasteiger partial charge in [0.15, 0.2) is 0 Å². The molecule has 1 N–H and O–H groups in total. The van der Waals surface area contributed by atoms with Crippen molar-refractivity contribution in [2.45, 2.75) is 53.6 Å². The normalized spacial score (nSPS) is 12.0. The maximum Gasteiger partial charge on any atom is 0.242 e. The molecule has 0 heterocycles. The van der Waals surface area contributed by atoms with Crippen LogP contribution in [-0.2, 0) is 22.6 Å². The minimum Gasteiger partial charge on any atom is -0.354 e. The van der Waals surface area contributed by atoms with Crippen LogP contribution >= 0.6 is 11.6 Å². The molecule has 29 heavy (non-hydrogen) atoms. The molecule has 1 unspecified atom stereocenters. The topological polar surface area (TPSA) is 49.4 Å². The molecule has 2 aromatic rings. The van der Waals surface area contributed by atoms with Crippen LogP contribution in [0.25, 0.3) is 0 Å². The molecule has 2 aromatic carbocycles. The molecule has 0 aromatic heterocycles. The van der Waals surface area contributed by atoms with Gasteiger partial charge in [0.25, 0.3) is 0 Å². The zero-order valence-electron chi connectivity index (χ0n) is 18.0. The molecule has 156 valence electrons. The number of rotatable bonds is 8. The highest BCUT2D eigenvalue weighted by Gasteiger charge is 2.26. The Kier molecular flexibility index (Phi) is 8.27. The molecule has 0 fully saturated rings. The average Bonchev–Trinajstić information content (AvgIpc) is 2.66. The highest BCUT2D eigenvalue weighted by molar-refractivity contribution is 6.30. The molecule has 0 saturated carbocycles. The van der Waals surface area contributed by atoms with E-state index in [1.807, 2.05) is 64.1 Å². The first-order valence-electron chi connectivity index (χ1n) is 10.0. The Bertz CT molecular complexity index is 864. The number of carbonyl (C=O) groups is 2.